The summed E-state index contributed by atoms with van der Waals surface area (Å²) in [5.74, 6) is 0.492. The molecule has 0 spiro atoms. The summed E-state index contributed by atoms with van der Waals surface area (Å²) in [6.07, 6.45) is 3.74. The van der Waals surface area contributed by atoms with Crippen molar-refractivity contribution in [3.05, 3.63) is 40.2 Å². The minimum Gasteiger partial charge on any atom is -0.319 e. The van der Waals surface area contributed by atoms with E-state index in [9.17, 15) is 10.1 Å². The first-order valence-corrected chi connectivity index (χ1v) is 4.62. The van der Waals surface area contributed by atoms with Gasteiger partial charge in [-0.3, -0.25) is 15.2 Å². The normalized spacial score (nSPS) is 9.88. The molecule has 0 aliphatic rings. The molecule has 0 atom stereocenters. The second kappa shape index (κ2) is 4.39. The highest BCUT2D eigenvalue weighted by atomic mass is 16.6. The van der Waals surface area contributed by atoms with Crippen molar-refractivity contribution in [1.29, 1.82) is 5.41 Å². The van der Waals surface area contributed by atoms with E-state index in [2.05, 4.69) is 20.5 Å². The fourth-order valence-corrected chi connectivity index (χ4v) is 1.27. The van der Waals surface area contributed by atoms with Crippen LogP contribution in [0.2, 0.25) is 0 Å². The molecule has 0 fully saturated rings. The van der Waals surface area contributed by atoms with Crippen molar-refractivity contribution in [3.8, 4) is 0 Å². The Morgan fingerprint density at radius 1 is 1.59 bits per heavy atom. The number of hydrogen-bond donors (Lipinski definition) is 3. The first-order valence-electron chi connectivity index (χ1n) is 4.62. The van der Waals surface area contributed by atoms with Crippen molar-refractivity contribution in [2.24, 2.45) is 0 Å². The molecule has 8 heteroatoms. The minimum absolute atomic E-state index is 0.136. The Labute approximate surface area is 95.4 Å². The number of hydrogen-bond acceptors (Lipinski definition) is 6. The molecule has 8 nitrogen and oxygen atoms in total. The lowest BCUT2D eigenvalue weighted by atomic mass is 10.3. The number of aromatic nitrogens is 3. The summed E-state index contributed by atoms with van der Waals surface area (Å²) in [6, 6.07) is 3.34. The SMILES string of the molecule is N=Cc1cccnc1Nc1[nH]ncc1[N+](=O)[O-]. The van der Waals surface area contributed by atoms with E-state index in [0.29, 0.717) is 11.4 Å². The van der Waals surface area contributed by atoms with Crippen LogP contribution in [0, 0.1) is 15.5 Å². The van der Waals surface area contributed by atoms with Crippen molar-refractivity contribution in [1.82, 2.24) is 15.2 Å². The van der Waals surface area contributed by atoms with Crippen LogP contribution in [0.4, 0.5) is 17.3 Å². The van der Waals surface area contributed by atoms with Gasteiger partial charge in [0, 0.05) is 18.0 Å². The molecular weight excluding hydrogens is 224 g/mol. The van der Waals surface area contributed by atoms with Crippen molar-refractivity contribution in [3.63, 3.8) is 0 Å². The summed E-state index contributed by atoms with van der Waals surface area (Å²) in [5.41, 5.74) is 0.350. The standard InChI is InChI=1S/C9H8N6O2/c10-4-6-2-1-3-11-8(6)13-9-7(15(16)17)5-12-14-9/h1-5,10H,(H2,11,12,13,14). The lowest BCUT2D eigenvalue weighted by Gasteiger charge is -2.04. The molecule has 17 heavy (non-hydrogen) atoms. The summed E-state index contributed by atoms with van der Waals surface area (Å²) >= 11 is 0. The first kappa shape index (κ1) is 10.7. The van der Waals surface area contributed by atoms with Gasteiger partial charge in [-0.15, -0.1) is 0 Å². The Bertz CT molecular complexity index is 564. The van der Waals surface area contributed by atoms with Crippen molar-refractivity contribution < 1.29 is 4.92 Å². The largest absolute Gasteiger partial charge is 0.331 e. The van der Waals surface area contributed by atoms with E-state index >= 15 is 0 Å². The van der Waals surface area contributed by atoms with Crippen molar-refractivity contribution >= 4 is 23.5 Å². The second-order valence-electron chi connectivity index (χ2n) is 3.10. The van der Waals surface area contributed by atoms with Gasteiger partial charge in [0.1, 0.15) is 12.0 Å². The van der Waals surface area contributed by atoms with Gasteiger partial charge in [0.25, 0.3) is 0 Å². The Kier molecular flexibility index (Phi) is 2.77. The maximum atomic E-state index is 10.7. The van der Waals surface area contributed by atoms with Crippen molar-refractivity contribution in [2.45, 2.75) is 0 Å². The van der Waals surface area contributed by atoms with Gasteiger partial charge >= 0.3 is 5.69 Å². The molecule has 86 valence electrons. The Balaban J connectivity index is 2.34. The fourth-order valence-electron chi connectivity index (χ4n) is 1.27. The fraction of sp³-hybridized carbons (Fsp3) is 0. The van der Waals surface area contributed by atoms with Gasteiger partial charge in [0.05, 0.1) is 4.92 Å². The van der Waals surface area contributed by atoms with Gasteiger partial charge in [0.2, 0.25) is 5.82 Å². The average Bonchev–Trinajstić information content (AvgIpc) is 2.78. The molecule has 2 aromatic heterocycles. The number of nitro groups is 1. The highest BCUT2D eigenvalue weighted by Crippen LogP contribution is 2.24. The van der Waals surface area contributed by atoms with E-state index in [1.807, 2.05) is 0 Å². The average molecular weight is 232 g/mol. The van der Waals surface area contributed by atoms with Crippen LogP contribution in [-0.4, -0.2) is 26.3 Å². The zero-order chi connectivity index (χ0) is 12.3. The molecule has 2 aromatic rings. The third kappa shape index (κ3) is 2.09. The predicted octanol–water partition coefficient (Wildman–Crippen LogP) is 1.45. The van der Waals surface area contributed by atoms with Crippen LogP contribution in [0.1, 0.15) is 5.56 Å². The van der Waals surface area contributed by atoms with Gasteiger partial charge < -0.3 is 10.7 Å². The molecular formula is C9H8N6O2. The molecule has 0 unspecified atom stereocenters. The summed E-state index contributed by atoms with van der Waals surface area (Å²) in [5, 5.41) is 26.6. The van der Waals surface area contributed by atoms with Crippen LogP contribution in [0.15, 0.2) is 24.5 Å². The van der Waals surface area contributed by atoms with E-state index in [4.69, 9.17) is 5.41 Å². The van der Waals surface area contributed by atoms with Crippen molar-refractivity contribution in [2.75, 3.05) is 5.32 Å². The van der Waals surface area contributed by atoms with Gasteiger partial charge in [-0.2, -0.15) is 5.10 Å². The molecule has 0 radical (unpaired) electrons. The predicted molar refractivity (Wildman–Crippen MR) is 60.6 cm³/mol. The topological polar surface area (TPSA) is 121 Å². The van der Waals surface area contributed by atoms with Gasteiger partial charge in [-0.05, 0) is 12.1 Å². The molecule has 0 amide bonds. The van der Waals surface area contributed by atoms with Gasteiger partial charge in [-0.1, -0.05) is 0 Å². The maximum absolute atomic E-state index is 10.7. The van der Waals surface area contributed by atoms with Gasteiger partial charge in [-0.25, -0.2) is 4.98 Å². The molecule has 0 saturated heterocycles. The number of H-pyrrole nitrogens is 1. The first-order chi connectivity index (χ1) is 8.22. The third-order valence-electron chi connectivity index (χ3n) is 2.05. The molecule has 0 aromatic carbocycles. The molecule has 0 bridgehead atoms. The van der Waals surface area contributed by atoms with E-state index in [-0.39, 0.29) is 11.5 Å². The highest BCUT2D eigenvalue weighted by Gasteiger charge is 2.17. The Hall–Kier alpha value is -2.77. The van der Waals surface area contributed by atoms with Crippen LogP contribution in [0.25, 0.3) is 0 Å². The Morgan fingerprint density at radius 2 is 2.41 bits per heavy atom. The van der Waals surface area contributed by atoms with E-state index < -0.39 is 4.92 Å². The molecule has 2 rings (SSSR count). The molecule has 3 N–H and O–H groups in total. The molecule has 2 heterocycles. The number of pyridine rings is 1. The van der Waals surface area contributed by atoms with Crippen LogP contribution < -0.4 is 5.32 Å². The van der Waals surface area contributed by atoms with Crippen LogP contribution in [-0.2, 0) is 0 Å². The summed E-state index contributed by atoms with van der Waals surface area (Å²) < 4.78 is 0. The number of nitrogens with zero attached hydrogens (tertiary/aromatic N) is 3. The molecule has 0 aliphatic heterocycles. The quantitative estimate of drug-likeness (QED) is 0.418. The summed E-state index contributed by atoms with van der Waals surface area (Å²) in [4.78, 5) is 14.1. The number of aromatic amines is 1. The monoisotopic (exact) mass is 232 g/mol. The summed E-state index contributed by atoms with van der Waals surface area (Å²) in [7, 11) is 0. The smallest absolute Gasteiger partial charge is 0.319 e. The van der Waals surface area contributed by atoms with E-state index in [0.717, 1.165) is 12.4 Å². The van der Waals surface area contributed by atoms with Crippen LogP contribution in [0.3, 0.4) is 0 Å². The second-order valence-corrected chi connectivity index (χ2v) is 3.10. The molecule has 0 saturated carbocycles. The van der Waals surface area contributed by atoms with E-state index in [1.165, 1.54) is 6.20 Å². The third-order valence-corrected chi connectivity index (χ3v) is 2.05. The van der Waals surface area contributed by atoms with Crippen LogP contribution in [0.5, 0.6) is 0 Å². The minimum atomic E-state index is -0.557. The summed E-state index contributed by atoms with van der Waals surface area (Å²) in [6.45, 7) is 0. The molecule has 0 aliphatic carbocycles. The maximum Gasteiger partial charge on any atom is 0.331 e. The highest BCUT2D eigenvalue weighted by molar-refractivity contribution is 5.85. The van der Waals surface area contributed by atoms with Gasteiger partial charge in [0.15, 0.2) is 0 Å². The van der Waals surface area contributed by atoms with E-state index in [1.54, 1.807) is 12.1 Å². The lowest BCUT2D eigenvalue weighted by Crippen LogP contribution is -2.00. The number of nitrogens with one attached hydrogen (secondary N) is 3. The lowest BCUT2D eigenvalue weighted by molar-refractivity contribution is -0.383. The zero-order valence-electron chi connectivity index (χ0n) is 8.54. The number of rotatable bonds is 4. The van der Waals surface area contributed by atoms with Crippen LogP contribution >= 0.6 is 0 Å². The number of anilines is 2. The zero-order valence-corrected chi connectivity index (χ0v) is 8.54. The Morgan fingerprint density at radius 3 is 3.12 bits per heavy atom.